The first-order valence-corrected chi connectivity index (χ1v) is 3.56. The van der Waals surface area contributed by atoms with Gasteiger partial charge < -0.3 is 4.79 Å². The molecule has 0 N–H and O–H groups in total. The molecule has 0 radical (unpaired) electrons. The van der Waals surface area contributed by atoms with E-state index in [1.54, 1.807) is 6.92 Å². The number of carbonyl (C=O) groups is 2. The number of carbonyl (C=O) groups excluding carboxylic acids is 2. The SMILES string of the molecule is C=C(C)C(=O)C(C)C.CC=O. The van der Waals surface area contributed by atoms with Gasteiger partial charge in [0, 0.05) is 5.92 Å². The molecule has 0 aliphatic heterocycles. The number of hydrogen-bond donors (Lipinski definition) is 0. The minimum atomic E-state index is 0.104. The van der Waals surface area contributed by atoms with Gasteiger partial charge in [-0.25, -0.2) is 0 Å². The van der Waals surface area contributed by atoms with Gasteiger partial charge in [-0.05, 0) is 19.4 Å². The molecule has 0 aliphatic rings. The molecular weight excluding hydrogens is 140 g/mol. The second-order valence-corrected chi connectivity index (χ2v) is 2.53. The lowest BCUT2D eigenvalue weighted by atomic mass is 10.0. The van der Waals surface area contributed by atoms with Gasteiger partial charge in [0.1, 0.15) is 6.29 Å². The maximum absolute atomic E-state index is 10.7. The lowest BCUT2D eigenvalue weighted by molar-refractivity contribution is -0.118. The van der Waals surface area contributed by atoms with Crippen molar-refractivity contribution in [2.24, 2.45) is 5.92 Å². The Hall–Kier alpha value is -0.920. The van der Waals surface area contributed by atoms with Gasteiger partial charge in [-0.15, -0.1) is 0 Å². The van der Waals surface area contributed by atoms with E-state index >= 15 is 0 Å². The molecule has 0 atom stereocenters. The third kappa shape index (κ3) is 9.08. The van der Waals surface area contributed by atoms with Gasteiger partial charge in [-0.3, -0.25) is 4.79 Å². The topological polar surface area (TPSA) is 34.1 Å². The maximum atomic E-state index is 10.7. The molecule has 0 aromatic carbocycles. The average Bonchev–Trinajstić information content (AvgIpc) is 1.87. The van der Waals surface area contributed by atoms with Crippen LogP contribution in [0.5, 0.6) is 0 Å². The quantitative estimate of drug-likeness (QED) is 0.452. The highest BCUT2D eigenvalue weighted by Gasteiger charge is 2.05. The molecule has 64 valence electrons. The first-order valence-electron chi connectivity index (χ1n) is 3.56. The summed E-state index contributed by atoms with van der Waals surface area (Å²) in [7, 11) is 0. The van der Waals surface area contributed by atoms with Gasteiger partial charge >= 0.3 is 0 Å². The van der Waals surface area contributed by atoms with E-state index in [0.717, 1.165) is 6.29 Å². The summed E-state index contributed by atoms with van der Waals surface area (Å²) in [5.41, 5.74) is 0.653. The van der Waals surface area contributed by atoms with Crippen molar-refractivity contribution in [3.05, 3.63) is 12.2 Å². The fourth-order valence-corrected chi connectivity index (χ4v) is 0.493. The number of allylic oxidation sites excluding steroid dienone is 1. The van der Waals surface area contributed by atoms with Crippen molar-refractivity contribution in [2.75, 3.05) is 0 Å². The molecule has 0 aromatic rings. The van der Waals surface area contributed by atoms with Crippen molar-refractivity contribution in [1.82, 2.24) is 0 Å². The van der Waals surface area contributed by atoms with Crippen molar-refractivity contribution < 1.29 is 9.59 Å². The van der Waals surface area contributed by atoms with E-state index in [0.29, 0.717) is 5.57 Å². The molecule has 2 heteroatoms. The van der Waals surface area contributed by atoms with Crippen LogP contribution >= 0.6 is 0 Å². The molecule has 0 fully saturated rings. The summed E-state index contributed by atoms with van der Waals surface area (Å²) in [6, 6.07) is 0. The lowest BCUT2D eigenvalue weighted by Gasteiger charge is -1.99. The van der Waals surface area contributed by atoms with Crippen LogP contribution in [0.25, 0.3) is 0 Å². The van der Waals surface area contributed by atoms with Crippen LogP contribution in [0.1, 0.15) is 27.7 Å². The first kappa shape index (κ1) is 12.7. The fraction of sp³-hybridized carbons (Fsp3) is 0.556. The molecule has 0 amide bonds. The Kier molecular flexibility index (Phi) is 8.32. The van der Waals surface area contributed by atoms with Crippen LogP contribution in [0, 0.1) is 5.92 Å². The summed E-state index contributed by atoms with van der Waals surface area (Å²) in [4.78, 5) is 19.5. The monoisotopic (exact) mass is 156 g/mol. The van der Waals surface area contributed by atoms with Crippen LogP contribution in [-0.4, -0.2) is 12.1 Å². The van der Waals surface area contributed by atoms with Gasteiger partial charge in [0.2, 0.25) is 0 Å². The Morgan fingerprint density at radius 3 is 1.73 bits per heavy atom. The Labute approximate surface area is 68.3 Å². The number of rotatable bonds is 2. The molecule has 11 heavy (non-hydrogen) atoms. The standard InChI is InChI=1S/C7H12O.C2H4O/c1-5(2)7(8)6(3)4;1-2-3/h6H,1H2,2-4H3;2H,1H3. The molecule has 0 saturated heterocycles. The minimum Gasteiger partial charge on any atom is -0.304 e. The number of hydrogen-bond acceptors (Lipinski definition) is 2. The Morgan fingerprint density at radius 2 is 1.73 bits per heavy atom. The second-order valence-electron chi connectivity index (χ2n) is 2.53. The Bertz CT molecular complexity index is 146. The van der Waals surface area contributed by atoms with Crippen LogP contribution in [0.15, 0.2) is 12.2 Å². The Morgan fingerprint density at radius 1 is 1.45 bits per heavy atom. The fourth-order valence-electron chi connectivity index (χ4n) is 0.493. The zero-order valence-corrected chi connectivity index (χ0v) is 7.68. The molecule has 0 aliphatic carbocycles. The van der Waals surface area contributed by atoms with Crippen molar-refractivity contribution in [1.29, 1.82) is 0 Å². The first-order chi connectivity index (χ1) is 4.97. The van der Waals surface area contributed by atoms with Gasteiger partial charge in [0.05, 0.1) is 0 Å². The van der Waals surface area contributed by atoms with Crippen LogP contribution in [-0.2, 0) is 9.59 Å². The lowest BCUT2D eigenvalue weighted by Crippen LogP contribution is -2.06. The molecule has 0 bridgehead atoms. The number of Topliss-reactive ketones (excluding diaryl/α,β-unsaturated/α-hetero) is 1. The third-order valence-corrected chi connectivity index (χ3v) is 0.945. The summed E-state index contributed by atoms with van der Waals surface area (Å²) in [5.74, 6) is 0.262. The molecule has 0 heterocycles. The van der Waals surface area contributed by atoms with E-state index in [2.05, 4.69) is 6.58 Å². The minimum absolute atomic E-state index is 0.104. The highest BCUT2D eigenvalue weighted by Crippen LogP contribution is 2.00. The summed E-state index contributed by atoms with van der Waals surface area (Å²) >= 11 is 0. The zero-order chi connectivity index (χ0) is 9.44. The highest BCUT2D eigenvalue weighted by molar-refractivity contribution is 5.95. The smallest absolute Gasteiger partial charge is 0.160 e. The molecule has 0 aromatic heterocycles. The number of ketones is 1. The predicted molar refractivity (Wildman–Crippen MR) is 46.4 cm³/mol. The largest absolute Gasteiger partial charge is 0.304 e. The molecule has 0 rings (SSSR count). The van der Waals surface area contributed by atoms with Gasteiger partial charge in [0.25, 0.3) is 0 Å². The van der Waals surface area contributed by atoms with Crippen molar-refractivity contribution in [2.45, 2.75) is 27.7 Å². The van der Waals surface area contributed by atoms with Crippen LogP contribution in [0.2, 0.25) is 0 Å². The van der Waals surface area contributed by atoms with E-state index < -0.39 is 0 Å². The van der Waals surface area contributed by atoms with Crippen LogP contribution < -0.4 is 0 Å². The second kappa shape index (κ2) is 7.19. The van der Waals surface area contributed by atoms with Crippen molar-refractivity contribution >= 4 is 12.1 Å². The summed E-state index contributed by atoms with van der Waals surface area (Å²) in [6.45, 7) is 10.5. The highest BCUT2D eigenvalue weighted by atomic mass is 16.1. The molecule has 2 nitrogen and oxygen atoms in total. The average molecular weight is 156 g/mol. The van der Waals surface area contributed by atoms with Crippen LogP contribution in [0.4, 0.5) is 0 Å². The van der Waals surface area contributed by atoms with E-state index in [1.807, 2.05) is 13.8 Å². The van der Waals surface area contributed by atoms with Crippen molar-refractivity contribution in [3.63, 3.8) is 0 Å². The molecule has 0 unspecified atom stereocenters. The predicted octanol–water partition coefficient (Wildman–Crippen LogP) is 1.99. The van der Waals surface area contributed by atoms with Gasteiger partial charge in [-0.2, -0.15) is 0 Å². The van der Waals surface area contributed by atoms with Crippen molar-refractivity contribution in [3.8, 4) is 0 Å². The van der Waals surface area contributed by atoms with Crippen LogP contribution in [0.3, 0.4) is 0 Å². The van der Waals surface area contributed by atoms with Gasteiger partial charge in [-0.1, -0.05) is 20.4 Å². The normalized spacial score (nSPS) is 8.09. The molecule has 0 spiro atoms. The summed E-state index contributed by atoms with van der Waals surface area (Å²) in [6.07, 6.45) is 0.750. The Balaban J connectivity index is 0. The molecule has 0 saturated carbocycles. The summed E-state index contributed by atoms with van der Waals surface area (Å²) < 4.78 is 0. The maximum Gasteiger partial charge on any atom is 0.160 e. The summed E-state index contributed by atoms with van der Waals surface area (Å²) in [5, 5.41) is 0. The number of aldehydes is 1. The molecular formula is C9H16O2. The van der Waals surface area contributed by atoms with E-state index in [1.165, 1.54) is 6.92 Å². The van der Waals surface area contributed by atoms with E-state index in [-0.39, 0.29) is 11.7 Å². The zero-order valence-electron chi connectivity index (χ0n) is 7.68. The van der Waals surface area contributed by atoms with Gasteiger partial charge in [0.15, 0.2) is 5.78 Å². The van der Waals surface area contributed by atoms with E-state index in [4.69, 9.17) is 4.79 Å². The third-order valence-electron chi connectivity index (χ3n) is 0.945. The van der Waals surface area contributed by atoms with E-state index in [9.17, 15) is 4.79 Å².